The van der Waals surface area contributed by atoms with E-state index in [4.69, 9.17) is 5.11 Å². The number of sulfonamides is 1. The van der Waals surface area contributed by atoms with E-state index in [0.717, 1.165) is 11.0 Å². The summed E-state index contributed by atoms with van der Waals surface area (Å²) in [7, 11) is -3.79. The molecule has 0 atom stereocenters. The van der Waals surface area contributed by atoms with Crippen LogP contribution in [-0.2, 0) is 33.5 Å². The number of pyridine rings is 1. The number of rotatable bonds is 8. The predicted octanol–water partition coefficient (Wildman–Crippen LogP) is 1.83. The van der Waals surface area contributed by atoms with E-state index in [1.807, 2.05) is 6.92 Å². The molecule has 0 bridgehead atoms. The van der Waals surface area contributed by atoms with Gasteiger partial charge in [0.25, 0.3) is 5.56 Å². The standard InChI is InChI=1S/C17H20N2O5S/c1-2-6-14-9-10-15(17(22)19(14)11-16(20)21)18-25(23,24)12-13-7-4-3-5-8-13/h3-5,7-10,18H,2,6,11-12H2,1H3,(H,20,21). The highest BCUT2D eigenvalue weighted by Gasteiger charge is 2.17. The van der Waals surface area contributed by atoms with E-state index in [2.05, 4.69) is 4.72 Å². The van der Waals surface area contributed by atoms with Gasteiger partial charge in [-0.3, -0.25) is 18.9 Å². The van der Waals surface area contributed by atoms with Crippen molar-refractivity contribution in [3.8, 4) is 0 Å². The molecule has 2 aromatic rings. The first kappa shape index (κ1) is 18.7. The molecule has 2 N–H and O–H groups in total. The number of hydrogen-bond acceptors (Lipinski definition) is 4. The zero-order valence-electron chi connectivity index (χ0n) is 13.8. The molecule has 2 rings (SSSR count). The molecule has 0 saturated heterocycles. The average molecular weight is 364 g/mol. The molecule has 1 aromatic carbocycles. The molecule has 25 heavy (non-hydrogen) atoms. The summed E-state index contributed by atoms with van der Waals surface area (Å²) in [5.74, 6) is -1.44. The van der Waals surface area contributed by atoms with Gasteiger partial charge in [0, 0.05) is 5.69 Å². The summed E-state index contributed by atoms with van der Waals surface area (Å²) in [6.07, 6.45) is 1.26. The van der Waals surface area contributed by atoms with Crippen LogP contribution in [0.3, 0.4) is 0 Å². The molecule has 0 fully saturated rings. The first-order chi connectivity index (χ1) is 11.8. The molecule has 1 heterocycles. The lowest BCUT2D eigenvalue weighted by Crippen LogP contribution is -2.30. The Kier molecular flexibility index (Phi) is 5.97. The number of carboxylic acids is 1. The summed E-state index contributed by atoms with van der Waals surface area (Å²) in [6, 6.07) is 11.5. The largest absolute Gasteiger partial charge is 0.480 e. The zero-order chi connectivity index (χ0) is 18.4. The van der Waals surface area contributed by atoms with E-state index in [-0.39, 0.29) is 11.4 Å². The van der Waals surface area contributed by atoms with E-state index in [1.54, 1.807) is 36.4 Å². The summed E-state index contributed by atoms with van der Waals surface area (Å²) in [4.78, 5) is 23.5. The number of aromatic nitrogens is 1. The van der Waals surface area contributed by atoms with E-state index in [0.29, 0.717) is 17.7 Å². The second kappa shape index (κ2) is 7.98. The summed E-state index contributed by atoms with van der Waals surface area (Å²) in [6.45, 7) is 1.40. The molecule has 7 nitrogen and oxygen atoms in total. The van der Waals surface area contributed by atoms with Gasteiger partial charge in [-0.15, -0.1) is 0 Å². The van der Waals surface area contributed by atoms with Crippen molar-refractivity contribution in [3.05, 3.63) is 64.1 Å². The summed E-state index contributed by atoms with van der Waals surface area (Å²) < 4.78 is 27.9. The van der Waals surface area contributed by atoms with Gasteiger partial charge in [-0.05, 0) is 24.1 Å². The van der Waals surface area contributed by atoms with Crippen molar-refractivity contribution < 1.29 is 18.3 Å². The highest BCUT2D eigenvalue weighted by molar-refractivity contribution is 7.91. The van der Waals surface area contributed by atoms with E-state index in [9.17, 15) is 18.0 Å². The van der Waals surface area contributed by atoms with Crippen molar-refractivity contribution >= 4 is 21.7 Å². The van der Waals surface area contributed by atoms with Crippen LogP contribution in [0.1, 0.15) is 24.6 Å². The molecule has 0 saturated carbocycles. The fourth-order valence-corrected chi connectivity index (χ4v) is 3.67. The molecular weight excluding hydrogens is 344 g/mol. The minimum absolute atomic E-state index is 0.156. The molecule has 0 aliphatic carbocycles. The van der Waals surface area contributed by atoms with Gasteiger partial charge in [-0.2, -0.15) is 0 Å². The lowest BCUT2D eigenvalue weighted by molar-refractivity contribution is -0.137. The normalized spacial score (nSPS) is 11.2. The monoisotopic (exact) mass is 364 g/mol. The topological polar surface area (TPSA) is 105 Å². The maximum absolute atomic E-state index is 12.5. The number of hydrogen-bond donors (Lipinski definition) is 2. The van der Waals surface area contributed by atoms with Crippen LogP contribution in [0.25, 0.3) is 0 Å². The van der Waals surface area contributed by atoms with Gasteiger partial charge in [0.1, 0.15) is 12.2 Å². The molecule has 134 valence electrons. The Balaban J connectivity index is 2.33. The van der Waals surface area contributed by atoms with E-state index < -0.39 is 28.1 Å². The van der Waals surface area contributed by atoms with Crippen LogP contribution in [0.2, 0.25) is 0 Å². The number of carbonyl (C=O) groups is 1. The smallest absolute Gasteiger partial charge is 0.323 e. The van der Waals surface area contributed by atoms with Crippen molar-refractivity contribution in [2.75, 3.05) is 4.72 Å². The summed E-state index contributed by atoms with van der Waals surface area (Å²) in [5.41, 5.74) is 0.325. The number of benzene rings is 1. The molecule has 8 heteroatoms. The van der Waals surface area contributed by atoms with Crippen LogP contribution < -0.4 is 10.3 Å². The van der Waals surface area contributed by atoms with Crippen molar-refractivity contribution in [2.24, 2.45) is 0 Å². The Bertz CT molecular complexity index is 904. The molecular formula is C17H20N2O5S. The van der Waals surface area contributed by atoms with Crippen molar-refractivity contribution in [1.29, 1.82) is 0 Å². The second-order valence-corrected chi connectivity index (χ2v) is 7.34. The first-order valence-electron chi connectivity index (χ1n) is 7.81. The Morgan fingerprint density at radius 1 is 1.16 bits per heavy atom. The summed E-state index contributed by atoms with van der Waals surface area (Å²) in [5, 5.41) is 9.00. The Labute approximate surface area is 146 Å². The molecule has 0 unspecified atom stereocenters. The van der Waals surface area contributed by atoms with E-state index in [1.165, 1.54) is 6.07 Å². The van der Waals surface area contributed by atoms with E-state index >= 15 is 0 Å². The average Bonchev–Trinajstić information content (AvgIpc) is 2.54. The van der Waals surface area contributed by atoms with Gasteiger partial charge in [-0.1, -0.05) is 43.7 Å². The number of nitrogens with zero attached hydrogens (tertiary/aromatic N) is 1. The minimum Gasteiger partial charge on any atom is -0.480 e. The minimum atomic E-state index is -3.79. The third-order valence-corrected chi connectivity index (χ3v) is 4.77. The van der Waals surface area contributed by atoms with Gasteiger partial charge in [0.15, 0.2) is 0 Å². The van der Waals surface area contributed by atoms with Crippen molar-refractivity contribution in [1.82, 2.24) is 4.57 Å². The predicted molar refractivity (Wildman–Crippen MR) is 95.0 cm³/mol. The van der Waals surface area contributed by atoms with Crippen LogP contribution in [0.5, 0.6) is 0 Å². The van der Waals surface area contributed by atoms with Gasteiger partial charge < -0.3 is 5.11 Å². The first-order valence-corrected chi connectivity index (χ1v) is 9.46. The van der Waals surface area contributed by atoms with Gasteiger partial charge in [0.2, 0.25) is 10.0 Å². The SMILES string of the molecule is CCCc1ccc(NS(=O)(=O)Cc2ccccc2)c(=O)n1CC(=O)O. The second-order valence-electron chi connectivity index (χ2n) is 5.62. The Morgan fingerprint density at radius 2 is 1.84 bits per heavy atom. The van der Waals surface area contributed by atoms with Crippen LogP contribution in [0.15, 0.2) is 47.3 Å². The highest BCUT2D eigenvalue weighted by Crippen LogP contribution is 2.11. The number of nitrogens with one attached hydrogen (secondary N) is 1. The highest BCUT2D eigenvalue weighted by atomic mass is 32.2. The molecule has 0 aliphatic rings. The van der Waals surface area contributed by atoms with Gasteiger partial charge >= 0.3 is 5.97 Å². The summed E-state index contributed by atoms with van der Waals surface area (Å²) >= 11 is 0. The van der Waals surface area contributed by atoms with Crippen LogP contribution in [-0.4, -0.2) is 24.1 Å². The van der Waals surface area contributed by atoms with Crippen molar-refractivity contribution in [3.63, 3.8) is 0 Å². The third-order valence-electron chi connectivity index (χ3n) is 3.53. The van der Waals surface area contributed by atoms with Crippen molar-refractivity contribution in [2.45, 2.75) is 32.1 Å². The fraction of sp³-hybridized carbons (Fsp3) is 0.294. The molecule has 0 amide bonds. The van der Waals surface area contributed by atoms with Gasteiger partial charge in [-0.25, -0.2) is 8.42 Å². The lowest BCUT2D eigenvalue weighted by atomic mass is 10.2. The molecule has 1 aromatic heterocycles. The molecule has 0 spiro atoms. The van der Waals surface area contributed by atoms with Crippen LogP contribution in [0, 0.1) is 0 Å². The number of carboxylic acid groups (broad SMARTS) is 1. The number of aryl methyl sites for hydroxylation is 1. The zero-order valence-corrected chi connectivity index (χ0v) is 14.6. The fourth-order valence-electron chi connectivity index (χ4n) is 2.47. The Hall–Kier alpha value is -2.61. The molecule has 0 radical (unpaired) electrons. The maximum Gasteiger partial charge on any atom is 0.323 e. The third kappa shape index (κ3) is 5.18. The quantitative estimate of drug-likeness (QED) is 0.743. The number of anilines is 1. The van der Waals surface area contributed by atoms with Crippen LogP contribution in [0.4, 0.5) is 5.69 Å². The van der Waals surface area contributed by atoms with Gasteiger partial charge in [0.05, 0.1) is 5.75 Å². The maximum atomic E-state index is 12.5. The lowest BCUT2D eigenvalue weighted by Gasteiger charge is -2.14. The van der Waals surface area contributed by atoms with Crippen LogP contribution >= 0.6 is 0 Å². The molecule has 0 aliphatic heterocycles. The Morgan fingerprint density at radius 3 is 2.44 bits per heavy atom. The number of aliphatic carboxylic acids is 1.